The van der Waals surface area contributed by atoms with E-state index in [9.17, 15) is 0 Å². The molecule has 2 aliphatic carbocycles. The molecule has 0 atom stereocenters. The van der Waals surface area contributed by atoms with Crippen LogP contribution in [0.4, 0.5) is 5.82 Å². The Morgan fingerprint density at radius 2 is 1.65 bits per heavy atom. The SMILES string of the molecule is Cc1c(Cl)nc(C2CC2)nc1N(C)C1CCCCCC1. The van der Waals surface area contributed by atoms with Crippen molar-refractivity contribution in [3.05, 3.63) is 16.5 Å². The third kappa shape index (κ3) is 2.93. The summed E-state index contributed by atoms with van der Waals surface area (Å²) in [6, 6.07) is 0.606. The molecule has 20 heavy (non-hydrogen) atoms. The highest BCUT2D eigenvalue weighted by Gasteiger charge is 2.29. The molecule has 1 aromatic rings. The van der Waals surface area contributed by atoms with Crippen LogP contribution in [0.1, 0.15) is 68.7 Å². The molecule has 2 aliphatic rings. The van der Waals surface area contributed by atoms with E-state index < -0.39 is 0 Å². The van der Waals surface area contributed by atoms with Gasteiger partial charge in [0.25, 0.3) is 0 Å². The highest BCUT2D eigenvalue weighted by atomic mass is 35.5. The zero-order valence-corrected chi connectivity index (χ0v) is 13.3. The minimum Gasteiger partial charge on any atom is -0.356 e. The van der Waals surface area contributed by atoms with Crippen LogP contribution in [0.3, 0.4) is 0 Å². The van der Waals surface area contributed by atoms with E-state index in [1.807, 2.05) is 6.92 Å². The Kier molecular flexibility index (Phi) is 4.16. The second-order valence-electron chi connectivity index (χ2n) is 6.35. The molecule has 4 heteroatoms. The predicted molar refractivity (Wildman–Crippen MR) is 83.6 cm³/mol. The largest absolute Gasteiger partial charge is 0.356 e. The molecule has 0 unspecified atom stereocenters. The smallest absolute Gasteiger partial charge is 0.137 e. The number of aromatic nitrogens is 2. The van der Waals surface area contributed by atoms with E-state index in [2.05, 4.69) is 16.9 Å². The van der Waals surface area contributed by atoms with Gasteiger partial charge in [-0.15, -0.1) is 0 Å². The summed E-state index contributed by atoms with van der Waals surface area (Å²) in [5.74, 6) is 2.56. The molecule has 0 aliphatic heterocycles. The van der Waals surface area contributed by atoms with Crippen LogP contribution in [-0.4, -0.2) is 23.1 Å². The van der Waals surface area contributed by atoms with E-state index in [0.29, 0.717) is 17.1 Å². The minimum absolute atomic E-state index is 0.550. The van der Waals surface area contributed by atoms with Gasteiger partial charge in [0.15, 0.2) is 0 Å². The van der Waals surface area contributed by atoms with Crippen LogP contribution < -0.4 is 4.90 Å². The molecule has 3 rings (SSSR count). The summed E-state index contributed by atoms with van der Waals surface area (Å²) in [7, 11) is 2.18. The summed E-state index contributed by atoms with van der Waals surface area (Å²) < 4.78 is 0. The van der Waals surface area contributed by atoms with Crippen molar-refractivity contribution < 1.29 is 0 Å². The van der Waals surface area contributed by atoms with Crippen LogP contribution in [0.25, 0.3) is 0 Å². The Hall–Kier alpha value is -0.830. The molecule has 1 heterocycles. The van der Waals surface area contributed by atoms with Gasteiger partial charge in [0.1, 0.15) is 16.8 Å². The van der Waals surface area contributed by atoms with Gasteiger partial charge in [-0.2, -0.15) is 0 Å². The summed E-state index contributed by atoms with van der Waals surface area (Å²) in [4.78, 5) is 11.7. The fourth-order valence-corrected chi connectivity index (χ4v) is 3.35. The molecule has 0 bridgehead atoms. The predicted octanol–water partition coefficient (Wildman–Crippen LogP) is 4.47. The maximum atomic E-state index is 6.33. The van der Waals surface area contributed by atoms with Crippen LogP contribution in [0.15, 0.2) is 0 Å². The van der Waals surface area contributed by atoms with Gasteiger partial charge in [0.2, 0.25) is 0 Å². The quantitative estimate of drug-likeness (QED) is 0.608. The van der Waals surface area contributed by atoms with Crippen LogP contribution in [0.5, 0.6) is 0 Å². The van der Waals surface area contributed by atoms with E-state index >= 15 is 0 Å². The number of anilines is 1. The monoisotopic (exact) mass is 293 g/mol. The van der Waals surface area contributed by atoms with Crippen molar-refractivity contribution in [2.75, 3.05) is 11.9 Å². The zero-order chi connectivity index (χ0) is 14.1. The molecule has 0 amide bonds. The van der Waals surface area contributed by atoms with Crippen LogP contribution in [0.2, 0.25) is 5.15 Å². The third-order valence-corrected chi connectivity index (χ3v) is 5.10. The summed E-state index contributed by atoms with van der Waals surface area (Å²) in [5, 5.41) is 0.636. The van der Waals surface area contributed by atoms with E-state index in [1.165, 1.54) is 51.4 Å². The van der Waals surface area contributed by atoms with Gasteiger partial charge in [-0.3, -0.25) is 0 Å². The molecule has 0 spiro atoms. The first-order valence-corrected chi connectivity index (χ1v) is 8.31. The van der Waals surface area contributed by atoms with Crippen LogP contribution in [-0.2, 0) is 0 Å². The van der Waals surface area contributed by atoms with E-state index in [-0.39, 0.29) is 0 Å². The maximum absolute atomic E-state index is 6.33. The Morgan fingerprint density at radius 3 is 2.25 bits per heavy atom. The summed E-state index contributed by atoms with van der Waals surface area (Å²) in [6.45, 7) is 2.04. The fourth-order valence-electron chi connectivity index (χ4n) is 3.18. The van der Waals surface area contributed by atoms with Gasteiger partial charge in [0.05, 0.1) is 0 Å². The number of hydrogen-bond donors (Lipinski definition) is 0. The number of rotatable bonds is 3. The van der Waals surface area contributed by atoms with Crippen molar-refractivity contribution >= 4 is 17.4 Å². The van der Waals surface area contributed by atoms with Gasteiger partial charge < -0.3 is 4.90 Å². The van der Waals surface area contributed by atoms with Crippen molar-refractivity contribution in [2.24, 2.45) is 0 Å². The van der Waals surface area contributed by atoms with Gasteiger partial charge in [-0.1, -0.05) is 37.3 Å². The molecule has 2 saturated carbocycles. The second-order valence-corrected chi connectivity index (χ2v) is 6.71. The average molecular weight is 294 g/mol. The molecular formula is C16H24ClN3. The van der Waals surface area contributed by atoms with Crippen LogP contribution >= 0.6 is 11.6 Å². The van der Waals surface area contributed by atoms with Gasteiger partial charge in [-0.25, -0.2) is 9.97 Å². The molecule has 1 aromatic heterocycles. The standard InChI is InChI=1S/C16H24ClN3/c1-11-14(17)18-15(12-9-10-12)19-16(11)20(2)13-7-5-3-4-6-8-13/h12-13H,3-10H2,1-2H3. The third-order valence-electron chi connectivity index (χ3n) is 4.73. The molecule has 0 N–H and O–H groups in total. The molecular weight excluding hydrogens is 270 g/mol. The molecule has 2 fully saturated rings. The van der Waals surface area contributed by atoms with E-state index in [4.69, 9.17) is 16.6 Å². The minimum atomic E-state index is 0.550. The van der Waals surface area contributed by atoms with Crippen molar-refractivity contribution in [1.29, 1.82) is 0 Å². The normalized spacial score (nSPS) is 20.8. The first kappa shape index (κ1) is 14.1. The molecule has 0 radical (unpaired) electrons. The van der Waals surface area contributed by atoms with Crippen molar-refractivity contribution in [1.82, 2.24) is 9.97 Å². The van der Waals surface area contributed by atoms with E-state index in [1.54, 1.807) is 0 Å². The highest BCUT2D eigenvalue weighted by molar-refractivity contribution is 6.30. The number of nitrogens with zero attached hydrogens (tertiary/aromatic N) is 3. The summed E-state index contributed by atoms with van der Waals surface area (Å²) >= 11 is 6.33. The molecule has 0 saturated heterocycles. The number of hydrogen-bond acceptors (Lipinski definition) is 3. The Morgan fingerprint density at radius 1 is 1.00 bits per heavy atom. The first-order valence-electron chi connectivity index (χ1n) is 7.93. The average Bonchev–Trinajstić information content (AvgIpc) is 3.27. The van der Waals surface area contributed by atoms with Gasteiger partial charge in [-0.05, 0) is 32.6 Å². The molecule has 0 aromatic carbocycles. The molecule has 110 valence electrons. The van der Waals surface area contributed by atoms with Gasteiger partial charge >= 0.3 is 0 Å². The lowest BCUT2D eigenvalue weighted by molar-refractivity contribution is 0.547. The number of halogens is 1. The first-order chi connectivity index (χ1) is 9.66. The van der Waals surface area contributed by atoms with Crippen molar-refractivity contribution in [3.8, 4) is 0 Å². The lowest BCUT2D eigenvalue weighted by Crippen LogP contribution is -2.32. The maximum Gasteiger partial charge on any atom is 0.137 e. The summed E-state index contributed by atoms with van der Waals surface area (Å²) in [6.07, 6.45) is 10.4. The fraction of sp³-hybridized carbons (Fsp3) is 0.750. The molecule has 3 nitrogen and oxygen atoms in total. The van der Waals surface area contributed by atoms with Crippen molar-refractivity contribution in [2.45, 2.75) is 70.3 Å². The zero-order valence-electron chi connectivity index (χ0n) is 12.5. The highest BCUT2D eigenvalue weighted by Crippen LogP contribution is 2.40. The Balaban J connectivity index is 1.87. The lowest BCUT2D eigenvalue weighted by atomic mass is 10.1. The second kappa shape index (κ2) is 5.88. The topological polar surface area (TPSA) is 29.0 Å². The van der Waals surface area contributed by atoms with Gasteiger partial charge in [0, 0.05) is 24.6 Å². The summed E-state index contributed by atoms with van der Waals surface area (Å²) in [5.41, 5.74) is 1.03. The van der Waals surface area contributed by atoms with Crippen molar-refractivity contribution in [3.63, 3.8) is 0 Å². The Bertz CT molecular complexity index is 477. The van der Waals surface area contributed by atoms with E-state index in [0.717, 1.165) is 17.2 Å². The lowest BCUT2D eigenvalue weighted by Gasteiger charge is -2.30. The Labute approximate surface area is 126 Å². The van der Waals surface area contributed by atoms with Crippen LogP contribution in [0, 0.1) is 6.92 Å².